The van der Waals surface area contributed by atoms with E-state index in [-0.39, 0.29) is 0 Å². The normalized spacial score (nSPS) is 31.2. The minimum absolute atomic E-state index is 0.331. The summed E-state index contributed by atoms with van der Waals surface area (Å²) in [5.74, 6) is 1.21. The van der Waals surface area contributed by atoms with Gasteiger partial charge in [0.15, 0.2) is 0 Å². The number of Topliss-reactive ketones (excluding diaryl/α,β-unsaturated/α-hetero) is 1. The van der Waals surface area contributed by atoms with Crippen LogP contribution in [0.5, 0.6) is 0 Å². The van der Waals surface area contributed by atoms with E-state index >= 15 is 0 Å². The van der Waals surface area contributed by atoms with Crippen molar-refractivity contribution in [2.75, 3.05) is 33.2 Å². The van der Waals surface area contributed by atoms with Gasteiger partial charge in [-0.1, -0.05) is 0 Å². The number of fused-ring (bicyclic) bond motifs is 1. The molecule has 0 N–H and O–H groups in total. The molecule has 98 valence electrons. The Hall–Kier alpha value is -0.410. The van der Waals surface area contributed by atoms with Gasteiger partial charge < -0.3 is 14.6 Å². The van der Waals surface area contributed by atoms with E-state index in [1.165, 1.54) is 38.9 Å². The molecule has 2 atom stereocenters. The molecular formula is C14H26N2O. The first kappa shape index (κ1) is 13.0. The molecule has 2 heterocycles. The highest BCUT2D eigenvalue weighted by Gasteiger charge is 2.33. The van der Waals surface area contributed by atoms with Gasteiger partial charge in [0, 0.05) is 19.0 Å². The standard InChI is InChI=1S/C14H26N2O/c1-12(17)5-3-9-16-10-7-14-13(11-16)6-4-8-15(14)2/h13-14H,3-11H2,1-2H3. The quantitative estimate of drug-likeness (QED) is 0.746. The molecule has 3 heteroatoms. The van der Waals surface area contributed by atoms with Crippen LogP contribution in [0.25, 0.3) is 0 Å². The predicted octanol–water partition coefficient (Wildman–Crippen LogP) is 1.77. The lowest BCUT2D eigenvalue weighted by molar-refractivity contribution is -0.117. The van der Waals surface area contributed by atoms with E-state index in [9.17, 15) is 4.79 Å². The van der Waals surface area contributed by atoms with Crippen molar-refractivity contribution in [3.8, 4) is 0 Å². The number of carbonyl (C=O) groups excluding carboxylic acids is 1. The van der Waals surface area contributed by atoms with Crippen LogP contribution in [0.3, 0.4) is 0 Å². The predicted molar refractivity (Wildman–Crippen MR) is 70.1 cm³/mol. The van der Waals surface area contributed by atoms with Crippen molar-refractivity contribution in [3.05, 3.63) is 0 Å². The number of hydrogen-bond acceptors (Lipinski definition) is 3. The summed E-state index contributed by atoms with van der Waals surface area (Å²) in [6.07, 6.45) is 5.88. The number of carbonyl (C=O) groups is 1. The van der Waals surface area contributed by atoms with Gasteiger partial charge in [-0.3, -0.25) is 0 Å². The molecule has 17 heavy (non-hydrogen) atoms. The van der Waals surface area contributed by atoms with E-state index in [4.69, 9.17) is 0 Å². The molecule has 0 radical (unpaired) electrons. The number of piperidine rings is 2. The second-order valence-electron chi connectivity index (χ2n) is 5.85. The number of ketones is 1. The third kappa shape index (κ3) is 3.52. The van der Waals surface area contributed by atoms with Crippen LogP contribution < -0.4 is 0 Å². The largest absolute Gasteiger partial charge is 0.303 e. The zero-order valence-corrected chi connectivity index (χ0v) is 11.3. The Bertz CT molecular complexity index is 267. The van der Waals surface area contributed by atoms with Crippen LogP contribution in [0.15, 0.2) is 0 Å². The Morgan fingerprint density at radius 2 is 2.12 bits per heavy atom. The van der Waals surface area contributed by atoms with Crippen LogP contribution >= 0.6 is 0 Å². The van der Waals surface area contributed by atoms with Crippen LogP contribution in [-0.2, 0) is 4.79 Å². The lowest BCUT2D eigenvalue weighted by Gasteiger charge is -2.46. The van der Waals surface area contributed by atoms with Crippen LogP contribution in [0.1, 0.15) is 39.0 Å². The minimum atomic E-state index is 0.331. The summed E-state index contributed by atoms with van der Waals surface area (Å²) in [4.78, 5) is 16.1. The Kier molecular flexibility index (Phi) is 4.57. The third-order valence-electron chi connectivity index (χ3n) is 4.43. The van der Waals surface area contributed by atoms with E-state index in [1.807, 2.05) is 0 Å². The maximum atomic E-state index is 10.9. The van der Waals surface area contributed by atoms with E-state index in [1.54, 1.807) is 6.92 Å². The van der Waals surface area contributed by atoms with E-state index in [2.05, 4.69) is 16.8 Å². The average Bonchev–Trinajstić information content (AvgIpc) is 2.29. The fourth-order valence-electron chi connectivity index (χ4n) is 3.48. The Balaban J connectivity index is 1.75. The molecule has 0 aromatic rings. The fraction of sp³-hybridized carbons (Fsp3) is 0.929. The molecule has 2 rings (SSSR count). The second-order valence-corrected chi connectivity index (χ2v) is 5.85. The summed E-state index contributed by atoms with van der Waals surface area (Å²) >= 11 is 0. The van der Waals surface area contributed by atoms with Crippen LogP contribution in [-0.4, -0.2) is 54.9 Å². The van der Waals surface area contributed by atoms with Gasteiger partial charge in [-0.05, 0) is 65.2 Å². The van der Waals surface area contributed by atoms with Crippen LogP contribution in [0.4, 0.5) is 0 Å². The van der Waals surface area contributed by atoms with Gasteiger partial charge in [0.1, 0.15) is 5.78 Å². The molecule has 0 spiro atoms. The monoisotopic (exact) mass is 238 g/mol. The smallest absolute Gasteiger partial charge is 0.129 e. The molecule has 0 aromatic carbocycles. The highest BCUT2D eigenvalue weighted by Crippen LogP contribution is 2.29. The number of hydrogen-bond donors (Lipinski definition) is 0. The molecular weight excluding hydrogens is 212 g/mol. The van der Waals surface area contributed by atoms with E-state index < -0.39 is 0 Å². The molecule has 2 unspecified atom stereocenters. The molecule has 2 saturated heterocycles. The summed E-state index contributed by atoms with van der Waals surface area (Å²) in [7, 11) is 2.28. The first-order valence-electron chi connectivity index (χ1n) is 7.09. The van der Waals surface area contributed by atoms with E-state index in [0.29, 0.717) is 5.78 Å². The van der Waals surface area contributed by atoms with Crippen molar-refractivity contribution in [1.82, 2.24) is 9.80 Å². The molecule has 2 aliphatic heterocycles. The first-order valence-corrected chi connectivity index (χ1v) is 7.09. The Morgan fingerprint density at radius 1 is 1.29 bits per heavy atom. The third-order valence-corrected chi connectivity index (χ3v) is 4.43. The first-order chi connectivity index (χ1) is 8.16. The molecule has 2 fully saturated rings. The van der Waals surface area contributed by atoms with Gasteiger partial charge in [0.25, 0.3) is 0 Å². The van der Waals surface area contributed by atoms with Crippen molar-refractivity contribution in [3.63, 3.8) is 0 Å². The van der Waals surface area contributed by atoms with Gasteiger partial charge in [-0.15, -0.1) is 0 Å². The van der Waals surface area contributed by atoms with Crippen LogP contribution in [0.2, 0.25) is 0 Å². The summed E-state index contributed by atoms with van der Waals surface area (Å²) in [5.41, 5.74) is 0. The minimum Gasteiger partial charge on any atom is -0.303 e. The SMILES string of the molecule is CC(=O)CCCN1CCC2C(CCCN2C)C1. The van der Waals surface area contributed by atoms with Crippen molar-refractivity contribution in [2.24, 2.45) is 5.92 Å². The Morgan fingerprint density at radius 3 is 2.88 bits per heavy atom. The second kappa shape index (κ2) is 5.96. The van der Waals surface area contributed by atoms with Gasteiger partial charge >= 0.3 is 0 Å². The summed E-state index contributed by atoms with van der Waals surface area (Å²) in [6.45, 7) is 6.58. The van der Waals surface area contributed by atoms with Crippen molar-refractivity contribution in [1.29, 1.82) is 0 Å². The number of rotatable bonds is 4. The molecule has 0 saturated carbocycles. The molecule has 0 aromatic heterocycles. The molecule has 3 nitrogen and oxygen atoms in total. The lowest BCUT2D eigenvalue weighted by atomic mass is 9.84. The average molecular weight is 238 g/mol. The molecule has 0 bridgehead atoms. The molecule has 0 aliphatic carbocycles. The van der Waals surface area contributed by atoms with Crippen molar-refractivity contribution >= 4 is 5.78 Å². The highest BCUT2D eigenvalue weighted by atomic mass is 16.1. The molecule has 2 aliphatic rings. The summed E-state index contributed by atoms with van der Waals surface area (Å²) < 4.78 is 0. The maximum absolute atomic E-state index is 10.9. The number of nitrogens with zero attached hydrogens (tertiary/aromatic N) is 2. The highest BCUT2D eigenvalue weighted by molar-refractivity contribution is 5.75. The number of likely N-dealkylation sites (tertiary alicyclic amines) is 2. The van der Waals surface area contributed by atoms with Crippen LogP contribution in [0, 0.1) is 5.92 Å². The fourth-order valence-corrected chi connectivity index (χ4v) is 3.48. The zero-order valence-electron chi connectivity index (χ0n) is 11.3. The van der Waals surface area contributed by atoms with Gasteiger partial charge in [0.2, 0.25) is 0 Å². The summed E-state index contributed by atoms with van der Waals surface area (Å²) in [5, 5.41) is 0. The summed E-state index contributed by atoms with van der Waals surface area (Å²) in [6, 6.07) is 0.827. The van der Waals surface area contributed by atoms with Crippen molar-refractivity contribution in [2.45, 2.75) is 45.1 Å². The van der Waals surface area contributed by atoms with Gasteiger partial charge in [-0.25, -0.2) is 0 Å². The lowest BCUT2D eigenvalue weighted by Crippen LogP contribution is -2.52. The maximum Gasteiger partial charge on any atom is 0.129 e. The van der Waals surface area contributed by atoms with Gasteiger partial charge in [-0.2, -0.15) is 0 Å². The zero-order chi connectivity index (χ0) is 12.3. The van der Waals surface area contributed by atoms with Gasteiger partial charge in [0.05, 0.1) is 0 Å². The Labute approximate surface area is 105 Å². The molecule has 0 amide bonds. The van der Waals surface area contributed by atoms with Crippen molar-refractivity contribution < 1.29 is 4.79 Å². The van der Waals surface area contributed by atoms with E-state index in [0.717, 1.165) is 31.3 Å². The topological polar surface area (TPSA) is 23.6 Å².